The predicted molar refractivity (Wildman–Crippen MR) is 85.0 cm³/mol. The summed E-state index contributed by atoms with van der Waals surface area (Å²) >= 11 is 1.38. The molecule has 0 spiro atoms. The van der Waals surface area contributed by atoms with Crippen LogP contribution in [-0.4, -0.2) is 12.1 Å². The van der Waals surface area contributed by atoms with Gasteiger partial charge in [-0.2, -0.15) is 0 Å². The van der Waals surface area contributed by atoms with E-state index >= 15 is 0 Å². The molecule has 0 N–H and O–H groups in total. The second-order valence-electron chi connectivity index (χ2n) is 4.56. The van der Waals surface area contributed by atoms with E-state index in [9.17, 15) is 9.59 Å². The normalized spacial score (nSPS) is 10.3. The van der Waals surface area contributed by atoms with Gasteiger partial charge in [-0.3, -0.25) is 9.59 Å². The molecule has 0 aliphatic rings. The summed E-state index contributed by atoms with van der Waals surface area (Å²) in [5, 5.41) is 1.86. The van der Waals surface area contributed by atoms with Gasteiger partial charge in [-0.05, 0) is 17.0 Å². The van der Waals surface area contributed by atoms with Crippen molar-refractivity contribution in [2.75, 3.05) is 0 Å². The van der Waals surface area contributed by atoms with Crippen molar-refractivity contribution < 1.29 is 9.59 Å². The minimum absolute atomic E-state index is 0.0331. The Morgan fingerprint density at radius 2 is 1.57 bits per heavy atom. The lowest BCUT2D eigenvalue weighted by Crippen LogP contribution is -2.03. The van der Waals surface area contributed by atoms with E-state index in [0.29, 0.717) is 16.0 Å². The van der Waals surface area contributed by atoms with Crippen molar-refractivity contribution >= 4 is 23.4 Å². The van der Waals surface area contributed by atoms with Crippen molar-refractivity contribution in [1.82, 2.24) is 0 Å². The maximum Gasteiger partial charge on any atom is 0.193 e. The van der Waals surface area contributed by atoms with Gasteiger partial charge >= 0.3 is 0 Å². The van der Waals surface area contributed by atoms with Gasteiger partial charge in [0.25, 0.3) is 0 Å². The zero-order valence-corrected chi connectivity index (χ0v) is 12.0. The molecular formula is C18H12O2S. The zero-order chi connectivity index (χ0) is 14.7. The molecule has 0 radical (unpaired) electrons. The van der Waals surface area contributed by atoms with Crippen LogP contribution < -0.4 is 0 Å². The van der Waals surface area contributed by atoms with Crippen molar-refractivity contribution in [2.24, 2.45) is 0 Å². The highest BCUT2D eigenvalue weighted by molar-refractivity contribution is 7.12. The Kier molecular flexibility index (Phi) is 3.75. The van der Waals surface area contributed by atoms with Crippen LogP contribution >= 0.6 is 11.3 Å². The second-order valence-corrected chi connectivity index (χ2v) is 5.50. The Labute approximate surface area is 126 Å². The molecule has 0 bridgehead atoms. The number of carbonyl (C=O) groups excluding carboxylic acids is 2. The Balaban J connectivity index is 2.13. The second kappa shape index (κ2) is 5.85. The van der Waals surface area contributed by atoms with E-state index in [1.165, 1.54) is 11.3 Å². The maximum absolute atomic E-state index is 12.7. The molecule has 3 rings (SSSR count). The van der Waals surface area contributed by atoms with Gasteiger partial charge in [0.2, 0.25) is 0 Å². The fourth-order valence-electron chi connectivity index (χ4n) is 2.30. The van der Waals surface area contributed by atoms with Crippen molar-refractivity contribution in [3.63, 3.8) is 0 Å². The molecule has 0 unspecified atom stereocenters. The lowest BCUT2D eigenvalue weighted by atomic mass is 9.94. The van der Waals surface area contributed by atoms with Crippen LogP contribution in [0.25, 0.3) is 11.1 Å². The average molecular weight is 292 g/mol. The first kappa shape index (κ1) is 13.5. The predicted octanol–water partition coefficient (Wildman–Crippen LogP) is 4.46. The highest BCUT2D eigenvalue weighted by atomic mass is 32.1. The summed E-state index contributed by atoms with van der Waals surface area (Å²) < 4.78 is 0. The van der Waals surface area contributed by atoms with Crippen LogP contribution in [0.5, 0.6) is 0 Å². The van der Waals surface area contributed by atoms with Crippen LogP contribution in [0.15, 0.2) is 66.0 Å². The molecular weight excluding hydrogens is 280 g/mol. The molecule has 0 saturated heterocycles. The van der Waals surface area contributed by atoms with E-state index in [-0.39, 0.29) is 5.78 Å². The number of benzene rings is 2. The summed E-state index contributed by atoms with van der Waals surface area (Å²) in [6.07, 6.45) is 0.837. The number of aldehydes is 1. The molecule has 0 amide bonds. The fourth-order valence-corrected chi connectivity index (χ4v) is 3.01. The standard InChI is InChI=1S/C18H12O2S/c19-12-17-15(10-11-21-17)14-8-4-5-9-16(14)18(20)13-6-2-1-3-7-13/h1-12H. The Morgan fingerprint density at radius 3 is 2.33 bits per heavy atom. The van der Waals surface area contributed by atoms with E-state index in [2.05, 4.69) is 0 Å². The summed E-state index contributed by atoms with van der Waals surface area (Å²) in [7, 11) is 0. The van der Waals surface area contributed by atoms with Gasteiger partial charge in [0.15, 0.2) is 12.1 Å². The van der Waals surface area contributed by atoms with Crippen molar-refractivity contribution in [3.8, 4) is 11.1 Å². The summed E-state index contributed by atoms with van der Waals surface area (Å²) in [5.41, 5.74) is 2.88. The van der Waals surface area contributed by atoms with E-state index in [0.717, 1.165) is 17.4 Å². The first-order valence-electron chi connectivity index (χ1n) is 6.53. The summed E-state index contributed by atoms with van der Waals surface area (Å²) in [6, 6.07) is 18.4. The lowest BCUT2D eigenvalue weighted by molar-refractivity contribution is 0.103. The van der Waals surface area contributed by atoms with Gasteiger partial charge in [0, 0.05) is 16.7 Å². The zero-order valence-electron chi connectivity index (χ0n) is 11.2. The molecule has 2 aromatic carbocycles. The number of hydrogen-bond donors (Lipinski definition) is 0. The fraction of sp³-hybridized carbons (Fsp3) is 0. The number of ketones is 1. The van der Waals surface area contributed by atoms with E-state index in [1.54, 1.807) is 18.2 Å². The van der Waals surface area contributed by atoms with Crippen LogP contribution in [0.4, 0.5) is 0 Å². The number of hydrogen-bond acceptors (Lipinski definition) is 3. The van der Waals surface area contributed by atoms with Gasteiger partial charge in [-0.1, -0.05) is 54.6 Å². The van der Waals surface area contributed by atoms with Gasteiger partial charge in [-0.15, -0.1) is 11.3 Å². The van der Waals surface area contributed by atoms with Crippen LogP contribution in [0.3, 0.4) is 0 Å². The van der Waals surface area contributed by atoms with Crippen LogP contribution in [0, 0.1) is 0 Å². The first-order chi connectivity index (χ1) is 10.3. The third-order valence-electron chi connectivity index (χ3n) is 3.30. The molecule has 3 aromatic rings. The highest BCUT2D eigenvalue weighted by Gasteiger charge is 2.16. The van der Waals surface area contributed by atoms with Gasteiger partial charge < -0.3 is 0 Å². The van der Waals surface area contributed by atoms with Gasteiger partial charge in [0.1, 0.15) is 0 Å². The summed E-state index contributed by atoms with van der Waals surface area (Å²) in [5.74, 6) is -0.0331. The van der Waals surface area contributed by atoms with Crippen LogP contribution in [0.1, 0.15) is 25.6 Å². The van der Waals surface area contributed by atoms with Crippen molar-refractivity contribution in [1.29, 1.82) is 0 Å². The Morgan fingerprint density at radius 1 is 0.857 bits per heavy atom. The van der Waals surface area contributed by atoms with Crippen molar-refractivity contribution in [3.05, 3.63) is 82.0 Å². The van der Waals surface area contributed by atoms with Gasteiger partial charge in [0.05, 0.1) is 4.88 Å². The molecule has 0 saturated carbocycles. The third-order valence-corrected chi connectivity index (χ3v) is 4.14. The van der Waals surface area contributed by atoms with E-state index < -0.39 is 0 Å². The van der Waals surface area contributed by atoms with Gasteiger partial charge in [-0.25, -0.2) is 0 Å². The largest absolute Gasteiger partial charge is 0.297 e. The minimum atomic E-state index is -0.0331. The molecule has 1 heterocycles. The average Bonchev–Trinajstić information content (AvgIpc) is 3.03. The van der Waals surface area contributed by atoms with E-state index in [1.807, 2.05) is 47.8 Å². The molecule has 0 aliphatic heterocycles. The topological polar surface area (TPSA) is 34.1 Å². The smallest absolute Gasteiger partial charge is 0.193 e. The molecule has 3 heteroatoms. The first-order valence-corrected chi connectivity index (χ1v) is 7.41. The molecule has 21 heavy (non-hydrogen) atoms. The van der Waals surface area contributed by atoms with Crippen LogP contribution in [0.2, 0.25) is 0 Å². The number of thiophene rings is 1. The monoisotopic (exact) mass is 292 g/mol. The maximum atomic E-state index is 12.7. The molecule has 1 aromatic heterocycles. The summed E-state index contributed by atoms with van der Waals surface area (Å²) in [6.45, 7) is 0. The molecule has 102 valence electrons. The van der Waals surface area contributed by atoms with Crippen molar-refractivity contribution in [2.45, 2.75) is 0 Å². The third kappa shape index (κ3) is 2.56. The summed E-state index contributed by atoms with van der Waals surface area (Å²) in [4.78, 5) is 24.5. The number of rotatable bonds is 4. The Bertz CT molecular complexity index is 788. The number of carbonyl (C=O) groups is 2. The SMILES string of the molecule is O=Cc1sccc1-c1ccccc1C(=O)c1ccccc1. The quantitative estimate of drug-likeness (QED) is 0.525. The highest BCUT2D eigenvalue weighted by Crippen LogP contribution is 2.31. The Hall–Kier alpha value is -2.52. The molecule has 0 aliphatic carbocycles. The molecule has 0 atom stereocenters. The van der Waals surface area contributed by atoms with E-state index in [4.69, 9.17) is 0 Å². The molecule has 2 nitrogen and oxygen atoms in total. The lowest BCUT2D eigenvalue weighted by Gasteiger charge is -2.08. The minimum Gasteiger partial charge on any atom is -0.297 e. The molecule has 0 fully saturated rings. The van der Waals surface area contributed by atoms with Crippen LogP contribution in [-0.2, 0) is 0 Å².